The van der Waals surface area contributed by atoms with Crippen LogP contribution in [0.4, 0.5) is 11.5 Å². The molecule has 0 spiro atoms. The third-order valence-electron chi connectivity index (χ3n) is 2.46. The number of carbonyl (C=O) groups excluding carboxylic acids is 1. The van der Waals surface area contributed by atoms with E-state index in [1.54, 1.807) is 11.0 Å². The number of nitrogen functional groups attached to an aromatic ring is 1. The largest absolute Gasteiger partial charge is 0.394 e. The molecule has 1 amide bonds. The number of rotatable bonds is 2. The van der Waals surface area contributed by atoms with Crippen molar-refractivity contribution in [3.63, 3.8) is 0 Å². The molecule has 2 heterocycles. The molecule has 15 heavy (non-hydrogen) atoms. The zero-order valence-corrected chi connectivity index (χ0v) is 8.26. The Morgan fingerprint density at radius 3 is 3.07 bits per heavy atom. The van der Waals surface area contributed by atoms with Gasteiger partial charge in [0, 0.05) is 18.9 Å². The summed E-state index contributed by atoms with van der Waals surface area (Å²) in [7, 11) is 0. The van der Waals surface area contributed by atoms with Crippen molar-refractivity contribution in [3.05, 3.63) is 25.2 Å². The van der Waals surface area contributed by atoms with Gasteiger partial charge < -0.3 is 5.73 Å². The van der Waals surface area contributed by atoms with Crippen LogP contribution in [0.15, 0.2) is 25.2 Å². The van der Waals surface area contributed by atoms with E-state index < -0.39 is 0 Å². The molecule has 5 nitrogen and oxygen atoms in total. The molecular weight excluding hydrogens is 192 g/mol. The molecule has 0 radical (unpaired) electrons. The van der Waals surface area contributed by atoms with E-state index >= 15 is 0 Å². The van der Waals surface area contributed by atoms with Crippen molar-refractivity contribution in [3.8, 4) is 0 Å². The lowest BCUT2D eigenvalue weighted by molar-refractivity contribution is -0.117. The van der Waals surface area contributed by atoms with E-state index in [2.05, 4.69) is 16.5 Å². The van der Waals surface area contributed by atoms with Crippen molar-refractivity contribution in [1.29, 1.82) is 0 Å². The molecule has 0 bridgehead atoms. The summed E-state index contributed by atoms with van der Waals surface area (Å²) in [6.07, 6.45) is 5.15. The minimum atomic E-state index is 0.0327. The van der Waals surface area contributed by atoms with Crippen molar-refractivity contribution in [2.75, 3.05) is 17.2 Å². The first kappa shape index (κ1) is 9.64. The summed E-state index contributed by atoms with van der Waals surface area (Å²) in [5.74, 6) is 0.719. The number of hydrogen-bond donors (Lipinski definition) is 1. The third-order valence-corrected chi connectivity index (χ3v) is 2.46. The van der Waals surface area contributed by atoms with Crippen LogP contribution in [0.1, 0.15) is 6.42 Å². The summed E-state index contributed by atoms with van der Waals surface area (Å²) in [4.78, 5) is 21.0. The maximum atomic E-state index is 11.7. The van der Waals surface area contributed by atoms with Gasteiger partial charge in [0.2, 0.25) is 5.91 Å². The van der Waals surface area contributed by atoms with E-state index in [1.165, 1.54) is 12.5 Å². The summed E-state index contributed by atoms with van der Waals surface area (Å²) < 4.78 is 0. The minimum Gasteiger partial charge on any atom is -0.394 e. The van der Waals surface area contributed by atoms with Crippen molar-refractivity contribution < 1.29 is 4.79 Å². The van der Waals surface area contributed by atoms with Gasteiger partial charge in [-0.05, 0) is 0 Å². The van der Waals surface area contributed by atoms with Crippen LogP contribution in [0.3, 0.4) is 0 Å². The molecule has 78 valence electrons. The molecule has 1 aromatic rings. The predicted molar refractivity (Wildman–Crippen MR) is 57.1 cm³/mol. The van der Waals surface area contributed by atoms with Gasteiger partial charge in [0.05, 0.1) is 11.9 Å². The monoisotopic (exact) mass is 204 g/mol. The lowest BCUT2D eigenvalue weighted by Gasteiger charge is -2.15. The number of carbonyl (C=O) groups is 1. The van der Waals surface area contributed by atoms with Crippen molar-refractivity contribution in [2.45, 2.75) is 6.42 Å². The first-order valence-corrected chi connectivity index (χ1v) is 4.70. The maximum Gasteiger partial charge on any atom is 0.228 e. The van der Waals surface area contributed by atoms with Gasteiger partial charge in [0.1, 0.15) is 6.33 Å². The highest BCUT2D eigenvalue weighted by Crippen LogP contribution is 2.27. The topological polar surface area (TPSA) is 72.1 Å². The van der Waals surface area contributed by atoms with Crippen molar-refractivity contribution in [2.24, 2.45) is 5.92 Å². The second-order valence-electron chi connectivity index (χ2n) is 3.51. The molecule has 1 aliphatic heterocycles. The summed E-state index contributed by atoms with van der Waals surface area (Å²) in [5, 5.41) is 0. The summed E-state index contributed by atoms with van der Waals surface area (Å²) in [5.41, 5.74) is 6.13. The first-order chi connectivity index (χ1) is 7.22. The molecule has 0 saturated carbocycles. The number of aromatic nitrogens is 2. The Morgan fingerprint density at radius 1 is 1.67 bits per heavy atom. The number of nitrogens with two attached hydrogens (primary N) is 1. The van der Waals surface area contributed by atoms with Crippen molar-refractivity contribution in [1.82, 2.24) is 9.97 Å². The number of nitrogens with zero attached hydrogens (tertiary/aromatic N) is 3. The lowest BCUT2D eigenvalue weighted by atomic mass is 10.1. The van der Waals surface area contributed by atoms with Crippen LogP contribution in [0, 0.1) is 5.92 Å². The lowest BCUT2D eigenvalue weighted by Crippen LogP contribution is -2.26. The van der Waals surface area contributed by atoms with Gasteiger partial charge >= 0.3 is 0 Å². The Balaban J connectivity index is 2.29. The fourth-order valence-corrected chi connectivity index (χ4v) is 1.66. The molecule has 1 unspecified atom stereocenters. The second-order valence-corrected chi connectivity index (χ2v) is 3.51. The van der Waals surface area contributed by atoms with Gasteiger partial charge in [-0.15, -0.1) is 6.58 Å². The quantitative estimate of drug-likeness (QED) is 0.716. The van der Waals surface area contributed by atoms with Gasteiger partial charge in [0.15, 0.2) is 5.82 Å². The SMILES string of the molecule is C=CC1CC(=O)N(c2ncncc2N)C1. The van der Waals surface area contributed by atoms with Crippen LogP contribution in [-0.4, -0.2) is 22.4 Å². The number of amides is 1. The fourth-order valence-electron chi connectivity index (χ4n) is 1.66. The smallest absolute Gasteiger partial charge is 0.228 e. The van der Waals surface area contributed by atoms with Gasteiger partial charge in [-0.3, -0.25) is 9.69 Å². The highest BCUT2D eigenvalue weighted by atomic mass is 16.2. The molecule has 0 aliphatic carbocycles. The molecule has 1 atom stereocenters. The Bertz CT molecular complexity index is 404. The van der Waals surface area contributed by atoms with Gasteiger partial charge in [-0.1, -0.05) is 6.08 Å². The highest BCUT2D eigenvalue weighted by molar-refractivity contribution is 5.97. The summed E-state index contributed by atoms with van der Waals surface area (Å²) in [6, 6.07) is 0. The normalized spacial score (nSPS) is 20.7. The van der Waals surface area contributed by atoms with E-state index in [0.717, 1.165) is 0 Å². The molecular formula is C10H12N4O. The third kappa shape index (κ3) is 1.68. The molecule has 1 saturated heterocycles. The Kier molecular flexibility index (Phi) is 2.37. The Hall–Kier alpha value is -1.91. The fraction of sp³-hybridized carbons (Fsp3) is 0.300. The van der Waals surface area contributed by atoms with E-state index in [4.69, 9.17) is 5.73 Å². The molecule has 2 rings (SSSR count). The molecule has 5 heteroatoms. The highest BCUT2D eigenvalue weighted by Gasteiger charge is 2.30. The predicted octanol–water partition coefficient (Wildman–Crippen LogP) is 0.598. The average Bonchev–Trinajstić information content (AvgIpc) is 2.60. The zero-order chi connectivity index (χ0) is 10.8. The van der Waals surface area contributed by atoms with Crippen LogP contribution in [0.25, 0.3) is 0 Å². The average molecular weight is 204 g/mol. The van der Waals surface area contributed by atoms with Crippen molar-refractivity contribution >= 4 is 17.4 Å². The zero-order valence-electron chi connectivity index (χ0n) is 8.26. The van der Waals surface area contributed by atoms with Crippen LogP contribution >= 0.6 is 0 Å². The van der Waals surface area contributed by atoms with E-state index in [9.17, 15) is 4.79 Å². The molecule has 1 fully saturated rings. The number of hydrogen-bond acceptors (Lipinski definition) is 4. The van der Waals surface area contributed by atoms with Gasteiger partial charge in [-0.2, -0.15) is 0 Å². The molecule has 2 N–H and O–H groups in total. The Labute approximate surface area is 87.6 Å². The van der Waals surface area contributed by atoms with Crippen LogP contribution < -0.4 is 10.6 Å². The molecule has 0 aromatic carbocycles. The standard InChI is InChI=1S/C10H12N4O/c1-2-7-3-9(15)14(5-7)10-8(11)4-12-6-13-10/h2,4,6-7H,1,3,5,11H2. The van der Waals surface area contributed by atoms with Crippen LogP contribution in [0.5, 0.6) is 0 Å². The van der Waals surface area contributed by atoms with Crippen LogP contribution in [0.2, 0.25) is 0 Å². The van der Waals surface area contributed by atoms with E-state index in [-0.39, 0.29) is 11.8 Å². The van der Waals surface area contributed by atoms with E-state index in [0.29, 0.717) is 24.5 Å². The van der Waals surface area contributed by atoms with Gasteiger partial charge in [0.25, 0.3) is 0 Å². The maximum absolute atomic E-state index is 11.7. The second kappa shape index (κ2) is 3.68. The first-order valence-electron chi connectivity index (χ1n) is 4.70. The number of anilines is 2. The van der Waals surface area contributed by atoms with E-state index in [1.807, 2.05) is 0 Å². The summed E-state index contributed by atoms with van der Waals surface area (Å²) in [6.45, 7) is 4.29. The van der Waals surface area contributed by atoms with Crippen LogP contribution in [-0.2, 0) is 4.79 Å². The summed E-state index contributed by atoms with van der Waals surface area (Å²) >= 11 is 0. The van der Waals surface area contributed by atoms with Gasteiger partial charge in [-0.25, -0.2) is 9.97 Å². The molecule has 1 aromatic heterocycles. The molecule has 1 aliphatic rings. The Morgan fingerprint density at radius 2 is 2.47 bits per heavy atom. The minimum absolute atomic E-state index is 0.0327.